The van der Waals surface area contributed by atoms with Gasteiger partial charge in [0.15, 0.2) is 0 Å². The maximum absolute atomic E-state index is 13.4. The van der Waals surface area contributed by atoms with Crippen molar-refractivity contribution < 1.29 is 4.79 Å². The van der Waals surface area contributed by atoms with Gasteiger partial charge in [-0.3, -0.25) is 14.9 Å². The number of aromatic amines is 1. The minimum atomic E-state index is -0.141. The summed E-state index contributed by atoms with van der Waals surface area (Å²) in [5.41, 5.74) is 4.75. The van der Waals surface area contributed by atoms with Crippen LogP contribution in [0.1, 0.15) is 27.7 Å². The quantitative estimate of drug-likeness (QED) is 0.601. The zero-order valence-corrected chi connectivity index (χ0v) is 15.2. The van der Waals surface area contributed by atoms with E-state index in [1.165, 1.54) is 0 Å². The fourth-order valence-corrected chi connectivity index (χ4v) is 3.87. The van der Waals surface area contributed by atoms with E-state index in [1.807, 2.05) is 59.6 Å². The Kier molecular flexibility index (Phi) is 4.01. The molecule has 3 aromatic heterocycles. The van der Waals surface area contributed by atoms with Crippen LogP contribution in [0.25, 0.3) is 11.3 Å². The molecular weight excluding hydrogens is 350 g/mol. The molecule has 0 bridgehead atoms. The van der Waals surface area contributed by atoms with Crippen molar-refractivity contribution in [3.8, 4) is 11.3 Å². The Bertz CT molecular complexity index is 1080. The summed E-state index contributed by atoms with van der Waals surface area (Å²) in [6.45, 7) is 1.44. The number of hydrogen-bond acceptors (Lipinski definition) is 3. The number of hydrogen-bond donors (Lipinski definition) is 1. The molecule has 0 spiro atoms. The zero-order valence-electron chi connectivity index (χ0n) is 15.2. The number of nitrogens with one attached hydrogen (secondary N) is 1. The van der Waals surface area contributed by atoms with Crippen LogP contribution in [-0.4, -0.2) is 37.1 Å². The second-order valence-corrected chi connectivity index (χ2v) is 6.86. The van der Waals surface area contributed by atoms with E-state index in [9.17, 15) is 4.79 Å². The Morgan fingerprint density at radius 3 is 2.64 bits per heavy atom. The number of amides is 1. The summed E-state index contributed by atoms with van der Waals surface area (Å²) in [6, 6.07) is 17.5. The number of carbonyl (C=O) groups excluding carboxylic acids is 1. The number of pyridine rings is 1. The standard InChI is InChI=1S/C22H19N5O/c28-22(17-7-5-16(6-8-17)19-9-11-24-25-19)27-14-13-26-12-2-4-20(26)21(27)18-3-1-10-23-15-18/h1-12,15,21H,13-14H2,(H,24,25). The SMILES string of the molecule is O=C(c1ccc(-c2ccn[nH]2)cc1)N1CCn2cccc2C1c1cccnc1. The first kappa shape index (κ1) is 16.5. The monoisotopic (exact) mass is 369 g/mol. The van der Waals surface area contributed by atoms with Gasteiger partial charge in [-0.05, 0) is 47.5 Å². The number of H-pyrrole nitrogens is 1. The van der Waals surface area contributed by atoms with E-state index in [-0.39, 0.29) is 11.9 Å². The van der Waals surface area contributed by atoms with Crippen molar-refractivity contribution in [2.75, 3.05) is 6.54 Å². The van der Waals surface area contributed by atoms with Crippen molar-refractivity contribution in [2.45, 2.75) is 12.6 Å². The topological polar surface area (TPSA) is 66.8 Å². The predicted molar refractivity (Wildman–Crippen MR) is 106 cm³/mol. The Morgan fingerprint density at radius 2 is 1.89 bits per heavy atom. The highest BCUT2D eigenvalue weighted by Crippen LogP contribution is 2.33. The first-order chi connectivity index (χ1) is 13.8. The van der Waals surface area contributed by atoms with E-state index < -0.39 is 0 Å². The van der Waals surface area contributed by atoms with E-state index in [1.54, 1.807) is 12.4 Å². The third-order valence-corrected chi connectivity index (χ3v) is 5.24. The first-order valence-electron chi connectivity index (χ1n) is 9.27. The Labute approximate surface area is 162 Å². The highest BCUT2D eigenvalue weighted by atomic mass is 16.2. The highest BCUT2D eigenvalue weighted by molar-refractivity contribution is 5.95. The van der Waals surface area contributed by atoms with Gasteiger partial charge in [0.05, 0.1) is 11.7 Å². The fourth-order valence-electron chi connectivity index (χ4n) is 3.87. The highest BCUT2D eigenvalue weighted by Gasteiger charge is 2.32. The molecule has 28 heavy (non-hydrogen) atoms. The lowest BCUT2D eigenvalue weighted by Crippen LogP contribution is -2.42. The molecule has 1 aliphatic rings. The number of nitrogens with zero attached hydrogens (tertiary/aromatic N) is 4. The predicted octanol–water partition coefficient (Wildman–Crippen LogP) is 3.52. The molecule has 1 unspecified atom stereocenters. The van der Waals surface area contributed by atoms with Crippen molar-refractivity contribution in [1.29, 1.82) is 0 Å². The third-order valence-electron chi connectivity index (χ3n) is 5.24. The molecule has 0 saturated heterocycles. The van der Waals surface area contributed by atoms with Crippen LogP contribution in [0.2, 0.25) is 0 Å². The van der Waals surface area contributed by atoms with E-state index in [4.69, 9.17) is 0 Å². The molecule has 1 aromatic carbocycles. The molecule has 5 rings (SSSR count). The van der Waals surface area contributed by atoms with Gasteiger partial charge in [0.2, 0.25) is 0 Å². The van der Waals surface area contributed by atoms with Gasteiger partial charge in [-0.15, -0.1) is 0 Å². The summed E-state index contributed by atoms with van der Waals surface area (Å²) >= 11 is 0. The van der Waals surface area contributed by atoms with Gasteiger partial charge in [0.25, 0.3) is 5.91 Å². The molecule has 1 atom stereocenters. The van der Waals surface area contributed by atoms with Gasteiger partial charge < -0.3 is 9.47 Å². The van der Waals surface area contributed by atoms with Crippen molar-refractivity contribution in [3.63, 3.8) is 0 Å². The van der Waals surface area contributed by atoms with Gasteiger partial charge in [-0.1, -0.05) is 18.2 Å². The molecule has 0 fully saturated rings. The molecule has 0 aliphatic carbocycles. The van der Waals surface area contributed by atoms with Crippen molar-refractivity contribution in [1.82, 2.24) is 24.6 Å². The molecule has 0 radical (unpaired) electrons. The minimum absolute atomic E-state index is 0.0254. The summed E-state index contributed by atoms with van der Waals surface area (Å²) in [4.78, 5) is 19.6. The van der Waals surface area contributed by atoms with Crippen molar-refractivity contribution in [2.24, 2.45) is 0 Å². The van der Waals surface area contributed by atoms with Crippen LogP contribution in [-0.2, 0) is 6.54 Å². The summed E-state index contributed by atoms with van der Waals surface area (Å²) in [6.07, 6.45) is 7.39. The number of aromatic nitrogens is 4. The molecular formula is C22H19N5O. The second kappa shape index (κ2) is 6.81. The number of carbonyl (C=O) groups is 1. The molecule has 138 valence electrons. The molecule has 4 heterocycles. The fraction of sp³-hybridized carbons (Fsp3) is 0.136. The van der Waals surface area contributed by atoms with Crippen LogP contribution >= 0.6 is 0 Å². The van der Waals surface area contributed by atoms with Crippen LogP contribution in [0.3, 0.4) is 0 Å². The lowest BCUT2D eigenvalue weighted by Gasteiger charge is -2.37. The number of rotatable bonds is 3. The molecule has 4 aromatic rings. The first-order valence-corrected chi connectivity index (χ1v) is 9.27. The van der Waals surface area contributed by atoms with Crippen LogP contribution in [0, 0.1) is 0 Å². The van der Waals surface area contributed by atoms with Gasteiger partial charge in [-0.2, -0.15) is 5.10 Å². The van der Waals surface area contributed by atoms with Gasteiger partial charge >= 0.3 is 0 Å². The van der Waals surface area contributed by atoms with Crippen LogP contribution in [0.15, 0.2) is 79.4 Å². The molecule has 1 N–H and O–H groups in total. The van der Waals surface area contributed by atoms with E-state index in [0.29, 0.717) is 12.1 Å². The summed E-state index contributed by atoms with van der Waals surface area (Å²) in [5, 5.41) is 6.93. The van der Waals surface area contributed by atoms with Crippen LogP contribution < -0.4 is 0 Å². The summed E-state index contributed by atoms with van der Waals surface area (Å²) in [5.74, 6) is 0.0254. The lowest BCUT2D eigenvalue weighted by atomic mass is 10.00. The number of benzene rings is 1. The average molecular weight is 369 g/mol. The van der Waals surface area contributed by atoms with Gasteiger partial charge in [-0.25, -0.2) is 0 Å². The van der Waals surface area contributed by atoms with Crippen LogP contribution in [0.5, 0.6) is 0 Å². The van der Waals surface area contributed by atoms with Crippen molar-refractivity contribution >= 4 is 5.91 Å². The number of fused-ring (bicyclic) bond motifs is 1. The Morgan fingerprint density at radius 1 is 1.00 bits per heavy atom. The van der Waals surface area contributed by atoms with E-state index in [2.05, 4.69) is 32.0 Å². The van der Waals surface area contributed by atoms with Crippen LogP contribution in [0.4, 0.5) is 0 Å². The van der Waals surface area contributed by atoms with E-state index in [0.717, 1.165) is 29.1 Å². The minimum Gasteiger partial charge on any atom is -0.348 e. The smallest absolute Gasteiger partial charge is 0.254 e. The average Bonchev–Trinajstić information content (AvgIpc) is 3.45. The van der Waals surface area contributed by atoms with Gasteiger partial charge in [0, 0.05) is 49.1 Å². The summed E-state index contributed by atoms with van der Waals surface area (Å²) in [7, 11) is 0. The Balaban J connectivity index is 1.49. The normalized spacial score (nSPS) is 16.0. The molecule has 1 amide bonds. The molecule has 6 nitrogen and oxygen atoms in total. The molecule has 6 heteroatoms. The second-order valence-electron chi connectivity index (χ2n) is 6.86. The summed E-state index contributed by atoms with van der Waals surface area (Å²) < 4.78 is 2.21. The maximum atomic E-state index is 13.4. The largest absolute Gasteiger partial charge is 0.348 e. The molecule has 0 saturated carbocycles. The van der Waals surface area contributed by atoms with E-state index >= 15 is 0 Å². The molecule has 1 aliphatic heterocycles. The van der Waals surface area contributed by atoms with Gasteiger partial charge in [0.1, 0.15) is 0 Å². The lowest BCUT2D eigenvalue weighted by molar-refractivity contribution is 0.0664. The third kappa shape index (κ3) is 2.79. The maximum Gasteiger partial charge on any atom is 0.254 e. The van der Waals surface area contributed by atoms with Crippen molar-refractivity contribution in [3.05, 3.63) is 96.2 Å². The Hall–Kier alpha value is -3.67. The zero-order chi connectivity index (χ0) is 18.9.